The topological polar surface area (TPSA) is 84.2 Å². The van der Waals surface area contributed by atoms with Crippen molar-refractivity contribution < 1.29 is 27.9 Å². The number of rotatable bonds is 7. The Kier molecular flexibility index (Phi) is 6.36. The fourth-order valence-electron chi connectivity index (χ4n) is 3.62. The fraction of sp³-hybridized carbons (Fsp3) is 0.450. The number of carbonyl (C=O) groups is 2. The van der Waals surface area contributed by atoms with E-state index in [0.717, 1.165) is 12.1 Å². The molecule has 6 nitrogen and oxygen atoms in total. The van der Waals surface area contributed by atoms with Crippen LogP contribution in [0.5, 0.6) is 0 Å². The summed E-state index contributed by atoms with van der Waals surface area (Å²) >= 11 is 0. The first-order chi connectivity index (χ1) is 13.8. The van der Waals surface area contributed by atoms with E-state index < -0.39 is 23.6 Å². The van der Waals surface area contributed by atoms with E-state index in [0.29, 0.717) is 19.3 Å². The maximum absolute atomic E-state index is 13.1. The van der Waals surface area contributed by atoms with Gasteiger partial charge in [0.25, 0.3) is 0 Å². The van der Waals surface area contributed by atoms with Crippen molar-refractivity contribution >= 4 is 17.5 Å². The third-order valence-electron chi connectivity index (χ3n) is 5.07. The summed E-state index contributed by atoms with van der Waals surface area (Å²) < 4.78 is 40.8. The monoisotopic (exact) mass is 409 g/mol. The standard InChI is InChI=1S/C20H22F3N3O3/c21-20(22,23)15-3-1-2-14(12-15)17(11-13-4-5-16(28)10-13)19(29)24-18-6-7-26(25-18)8-9-27/h1-3,6-7,12-13,17,27H,4-5,8-11H2,(H,24,25,29). The lowest BCUT2D eigenvalue weighted by Gasteiger charge is -2.21. The number of carbonyl (C=O) groups excluding carboxylic acids is 2. The molecule has 1 aliphatic carbocycles. The van der Waals surface area contributed by atoms with Crippen molar-refractivity contribution in [2.75, 3.05) is 11.9 Å². The number of ketones is 1. The number of aliphatic hydroxyl groups is 1. The van der Waals surface area contributed by atoms with Gasteiger partial charge < -0.3 is 10.4 Å². The number of hydrogen-bond donors (Lipinski definition) is 2. The van der Waals surface area contributed by atoms with E-state index in [2.05, 4.69) is 10.4 Å². The highest BCUT2D eigenvalue weighted by Crippen LogP contribution is 2.36. The van der Waals surface area contributed by atoms with Crippen molar-refractivity contribution in [2.45, 2.75) is 44.3 Å². The molecule has 9 heteroatoms. The van der Waals surface area contributed by atoms with Gasteiger partial charge in [0.2, 0.25) is 5.91 Å². The SMILES string of the molecule is O=C1CCC(CC(C(=O)Nc2ccn(CCO)n2)c2cccc(C(F)(F)F)c2)C1. The lowest BCUT2D eigenvalue weighted by Crippen LogP contribution is -2.24. The van der Waals surface area contributed by atoms with Crippen molar-refractivity contribution in [2.24, 2.45) is 5.92 Å². The van der Waals surface area contributed by atoms with Crippen LogP contribution in [0.25, 0.3) is 0 Å². The van der Waals surface area contributed by atoms with Gasteiger partial charge in [0, 0.05) is 25.1 Å². The predicted octanol–water partition coefficient (Wildman–Crippen LogP) is 3.38. The molecule has 1 aliphatic rings. The first-order valence-corrected chi connectivity index (χ1v) is 9.40. The van der Waals surface area contributed by atoms with Gasteiger partial charge in [-0.2, -0.15) is 18.3 Å². The summed E-state index contributed by atoms with van der Waals surface area (Å²) in [6.45, 7) is 0.148. The number of hydrogen-bond acceptors (Lipinski definition) is 4. The maximum Gasteiger partial charge on any atom is 0.416 e. The van der Waals surface area contributed by atoms with Crippen LogP contribution in [-0.2, 0) is 22.3 Å². The summed E-state index contributed by atoms with van der Waals surface area (Å²) in [5.41, 5.74) is -0.561. The zero-order valence-electron chi connectivity index (χ0n) is 15.7. The average Bonchev–Trinajstić information content (AvgIpc) is 3.28. The number of halogens is 3. The van der Waals surface area contributed by atoms with Crippen molar-refractivity contribution in [3.63, 3.8) is 0 Å². The number of amides is 1. The minimum absolute atomic E-state index is 0.0419. The summed E-state index contributed by atoms with van der Waals surface area (Å²) in [5, 5.41) is 15.7. The van der Waals surface area contributed by atoms with Gasteiger partial charge in [0.05, 0.1) is 24.6 Å². The first-order valence-electron chi connectivity index (χ1n) is 9.40. The molecule has 1 fully saturated rings. The molecule has 2 atom stereocenters. The summed E-state index contributed by atoms with van der Waals surface area (Å²) in [6.07, 6.45) is -1.23. The second kappa shape index (κ2) is 8.77. The van der Waals surface area contributed by atoms with E-state index in [4.69, 9.17) is 5.11 Å². The Hall–Kier alpha value is -2.68. The Morgan fingerprint density at radius 3 is 2.79 bits per heavy atom. The number of benzene rings is 1. The molecule has 2 unspecified atom stereocenters. The lowest BCUT2D eigenvalue weighted by atomic mass is 9.86. The third kappa shape index (κ3) is 5.44. The van der Waals surface area contributed by atoms with E-state index >= 15 is 0 Å². The van der Waals surface area contributed by atoms with Crippen molar-refractivity contribution in [3.05, 3.63) is 47.7 Å². The Labute approximate surface area is 165 Å². The molecule has 156 valence electrons. The highest BCUT2D eigenvalue weighted by Gasteiger charge is 2.34. The van der Waals surface area contributed by atoms with E-state index in [1.54, 1.807) is 12.3 Å². The van der Waals surface area contributed by atoms with E-state index in [1.165, 1.54) is 16.8 Å². The summed E-state index contributed by atoms with van der Waals surface area (Å²) in [6, 6.07) is 6.30. The number of anilines is 1. The van der Waals surface area contributed by atoms with Gasteiger partial charge in [-0.1, -0.05) is 18.2 Å². The molecular weight excluding hydrogens is 387 g/mol. The Balaban J connectivity index is 1.83. The number of aromatic nitrogens is 2. The third-order valence-corrected chi connectivity index (χ3v) is 5.07. The second-order valence-electron chi connectivity index (χ2n) is 7.24. The molecule has 2 aromatic rings. The Morgan fingerprint density at radius 2 is 2.14 bits per heavy atom. The largest absolute Gasteiger partial charge is 0.416 e. The molecule has 0 spiro atoms. The van der Waals surface area contributed by atoms with Gasteiger partial charge in [0.1, 0.15) is 5.78 Å². The van der Waals surface area contributed by atoms with Crippen LogP contribution < -0.4 is 5.32 Å². The van der Waals surface area contributed by atoms with E-state index in [9.17, 15) is 22.8 Å². The van der Waals surface area contributed by atoms with Gasteiger partial charge in [-0.3, -0.25) is 14.3 Å². The molecule has 1 heterocycles. The minimum atomic E-state index is -4.51. The number of Topliss-reactive ketones (excluding diaryl/α,β-unsaturated/α-hetero) is 1. The molecule has 1 aromatic heterocycles. The van der Waals surface area contributed by atoms with E-state index in [1.807, 2.05) is 0 Å². The summed E-state index contributed by atoms with van der Waals surface area (Å²) in [5.74, 6) is -0.988. The van der Waals surface area contributed by atoms with Crippen molar-refractivity contribution in [3.8, 4) is 0 Å². The molecule has 29 heavy (non-hydrogen) atoms. The smallest absolute Gasteiger partial charge is 0.394 e. The van der Waals surface area contributed by atoms with Gasteiger partial charge in [-0.25, -0.2) is 0 Å². The zero-order valence-corrected chi connectivity index (χ0v) is 15.7. The quantitative estimate of drug-likeness (QED) is 0.734. The number of nitrogens with one attached hydrogen (secondary N) is 1. The normalized spacial score (nSPS) is 18.1. The molecule has 0 saturated heterocycles. The molecule has 3 rings (SSSR count). The van der Waals surface area contributed by atoms with Crippen LogP contribution in [0.4, 0.5) is 19.0 Å². The fourth-order valence-corrected chi connectivity index (χ4v) is 3.62. The minimum Gasteiger partial charge on any atom is -0.394 e. The van der Waals surface area contributed by atoms with Crippen LogP contribution in [0, 0.1) is 5.92 Å². The molecule has 1 aromatic carbocycles. The van der Waals surface area contributed by atoms with Crippen molar-refractivity contribution in [1.82, 2.24) is 9.78 Å². The molecule has 0 radical (unpaired) electrons. The highest BCUT2D eigenvalue weighted by atomic mass is 19.4. The molecule has 1 saturated carbocycles. The van der Waals surface area contributed by atoms with Gasteiger partial charge in [-0.15, -0.1) is 0 Å². The average molecular weight is 409 g/mol. The second-order valence-corrected chi connectivity index (χ2v) is 7.24. The molecule has 2 N–H and O–H groups in total. The van der Waals surface area contributed by atoms with E-state index in [-0.39, 0.29) is 42.7 Å². The summed E-state index contributed by atoms with van der Waals surface area (Å²) in [4.78, 5) is 24.5. The predicted molar refractivity (Wildman–Crippen MR) is 99.1 cm³/mol. The van der Waals surface area contributed by atoms with Crippen molar-refractivity contribution in [1.29, 1.82) is 0 Å². The molecular formula is C20H22F3N3O3. The van der Waals surface area contributed by atoms with Gasteiger partial charge in [-0.05, 0) is 30.4 Å². The summed E-state index contributed by atoms with van der Waals surface area (Å²) in [7, 11) is 0. The first kappa shape index (κ1) is 21.0. The maximum atomic E-state index is 13.1. The highest BCUT2D eigenvalue weighted by molar-refractivity contribution is 5.95. The molecule has 0 bridgehead atoms. The molecule has 0 aliphatic heterocycles. The molecule has 1 amide bonds. The number of aliphatic hydroxyl groups excluding tert-OH is 1. The Morgan fingerprint density at radius 1 is 1.34 bits per heavy atom. The van der Waals surface area contributed by atoms with Gasteiger partial charge in [0.15, 0.2) is 5.82 Å². The van der Waals surface area contributed by atoms with Crippen LogP contribution in [0.3, 0.4) is 0 Å². The number of alkyl halides is 3. The number of nitrogens with zero attached hydrogens (tertiary/aromatic N) is 2. The van der Waals surface area contributed by atoms with Crippen LogP contribution in [0.1, 0.15) is 42.7 Å². The Bertz CT molecular complexity index is 879. The van der Waals surface area contributed by atoms with Crippen LogP contribution in [0.2, 0.25) is 0 Å². The van der Waals surface area contributed by atoms with Crippen LogP contribution in [0.15, 0.2) is 36.5 Å². The van der Waals surface area contributed by atoms with Gasteiger partial charge >= 0.3 is 6.18 Å². The lowest BCUT2D eigenvalue weighted by molar-refractivity contribution is -0.137. The van der Waals surface area contributed by atoms with Crippen LogP contribution in [-0.4, -0.2) is 33.2 Å². The van der Waals surface area contributed by atoms with Crippen LogP contribution >= 0.6 is 0 Å². The zero-order chi connectivity index (χ0) is 21.0.